The van der Waals surface area contributed by atoms with Gasteiger partial charge in [-0.25, -0.2) is 13.6 Å². The molecule has 0 aromatic rings. The Bertz CT molecular complexity index is 258. The van der Waals surface area contributed by atoms with Gasteiger partial charge in [-0.3, -0.25) is 0 Å². The lowest BCUT2D eigenvalue weighted by Gasteiger charge is -2.03. The van der Waals surface area contributed by atoms with Crippen LogP contribution < -0.4 is 0 Å². The van der Waals surface area contributed by atoms with Gasteiger partial charge in [0.25, 0.3) is 0 Å². The maximum atomic E-state index is 12.8. The highest BCUT2D eigenvalue weighted by Gasteiger charge is 2.33. The van der Waals surface area contributed by atoms with Gasteiger partial charge in [0.2, 0.25) is 0 Å². The molecular formula is C10H13BrF2O2. The molecule has 0 heterocycles. The first-order valence-electron chi connectivity index (χ1n) is 4.87. The molecule has 0 unspecified atom stereocenters. The summed E-state index contributed by atoms with van der Waals surface area (Å²) >= 11 is 3.04. The largest absolute Gasteiger partial charge is 0.462 e. The first-order valence-corrected chi connectivity index (χ1v) is 5.66. The summed E-state index contributed by atoms with van der Waals surface area (Å²) in [6, 6.07) is 0. The molecule has 0 amide bonds. The van der Waals surface area contributed by atoms with E-state index >= 15 is 0 Å². The maximum Gasteiger partial charge on any atom is 0.344 e. The van der Waals surface area contributed by atoms with E-state index < -0.39 is 18.3 Å². The van der Waals surface area contributed by atoms with E-state index in [1.807, 2.05) is 0 Å². The minimum Gasteiger partial charge on any atom is -0.462 e. The van der Waals surface area contributed by atoms with E-state index in [0.29, 0.717) is 0 Å². The molecule has 0 N–H and O–H groups in total. The Labute approximate surface area is 95.8 Å². The molecule has 0 aromatic carbocycles. The Kier molecular flexibility index (Phi) is 4.70. The number of rotatable bonds is 3. The van der Waals surface area contributed by atoms with E-state index in [2.05, 4.69) is 15.9 Å². The molecule has 1 aliphatic carbocycles. The Hall–Kier alpha value is -0.450. The number of allylic oxidation sites excluding steroid dienone is 1. The Morgan fingerprint density at radius 3 is 2.47 bits per heavy atom. The van der Waals surface area contributed by atoms with Crippen molar-refractivity contribution in [3.63, 3.8) is 0 Å². The minimum absolute atomic E-state index is 0.135. The zero-order valence-corrected chi connectivity index (χ0v) is 9.97. The van der Waals surface area contributed by atoms with Crippen LogP contribution in [0.25, 0.3) is 0 Å². The van der Waals surface area contributed by atoms with E-state index in [4.69, 9.17) is 4.74 Å². The van der Waals surface area contributed by atoms with Crippen molar-refractivity contribution in [3.8, 4) is 0 Å². The predicted octanol–water partition coefficient (Wildman–Crippen LogP) is 2.91. The van der Waals surface area contributed by atoms with E-state index in [1.54, 1.807) is 6.92 Å². The molecule has 0 spiro atoms. The number of ether oxygens (including phenoxy) is 1. The number of esters is 1. The summed E-state index contributed by atoms with van der Waals surface area (Å²) in [5, 5.41) is 0. The molecular weight excluding hydrogens is 270 g/mol. The standard InChI is InChI=1S/C10H13BrF2O2/c1-2-15-10(14)7(11)3-6-4-8(12)9(13)5-6/h3,6,8-9H,2,4-5H2,1H3/b7-3-/t6-,8+,9-. The lowest BCUT2D eigenvalue weighted by atomic mass is 10.1. The van der Waals surface area contributed by atoms with Crippen molar-refractivity contribution in [2.24, 2.45) is 5.92 Å². The fourth-order valence-corrected chi connectivity index (χ4v) is 2.07. The topological polar surface area (TPSA) is 26.3 Å². The minimum atomic E-state index is -1.41. The van der Waals surface area contributed by atoms with Gasteiger partial charge in [0, 0.05) is 0 Å². The first kappa shape index (κ1) is 12.6. The number of alkyl halides is 2. The van der Waals surface area contributed by atoms with Gasteiger partial charge < -0.3 is 4.74 Å². The van der Waals surface area contributed by atoms with Crippen molar-refractivity contribution >= 4 is 21.9 Å². The zero-order chi connectivity index (χ0) is 11.4. The molecule has 2 nitrogen and oxygen atoms in total. The lowest BCUT2D eigenvalue weighted by molar-refractivity contribution is -0.137. The summed E-state index contributed by atoms with van der Waals surface area (Å²) < 4.78 is 30.6. The Morgan fingerprint density at radius 2 is 2.00 bits per heavy atom. The van der Waals surface area contributed by atoms with Crippen LogP contribution in [0.15, 0.2) is 10.6 Å². The third-order valence-electron chi connectivity index (χ3n) is 2.30. The highest BCUT2D eigenvalue weighted by atomic mass is 79.9. The van der Waals surface area contributed by atoms with Crippen LogP contribution in [-0.4, -0.2) is 24.9 Å². The van der Waals surface area contributed by atoms with Gasteiger partial charge >= 0.3 is 5.97 Å². The monoisotopic (exact) mass is 282 g/mol. The number of carbonyl (C=O) groups is 1. The SMILES string of the molecule is CCOC(=O)/C(Br)=C/[C@H]1C[C@@H](F)[C@@H](F)C1. The van der Waals surface area contributed by atoms with E-state index in [0.717, 1.165) is 0 Å². The molecule has 5 heteroatoms. The maximum absolute atomic E-state index is 12.8. The summed E-state index contributed by atoms with van der Waals surface area (Å²) in [6.07, 6.45) is -1.02. The van der Waals surface area contributed by atoms with Crippen LogP contribution in [0.5, 0.6) is 0 Å². The predicted molar refractivity (Wildman–Crippen MR) is 56.2 cm³/mol. The second-order valence-corrected chi connectivity index (χ2v) is 4.35. The number of hydrogen-bond donors (Lipinski definition) is 0. The fraction of sp³-hybridized carbons (Fsp3) is 0.700. The Balaban J connectivity index is 2.52. The van der Waals surface area contributed by atoms with Crippen LogP contribution in [0.4, 0.5) is 8.78 Å². The van der Waals surface area contributed by atoms with Crippen LogP contribution in [0, 0.1) is 5.92 Å². The van der Waals surface area contributed by atoms with Crippen molar-refractivity contribution in [2.75, 3.05) is 6.61 Å². The van der Waals surface area contributed by atoms with Crippen molar-refractivity contribution in [3.05, 3.63) is 10.6 Å². The van der Waals surface area contributed by atoms with Gasteiger partial charge in [-0.15, -0.1) is 0 Å². The van der Waals surface area contributed by atoms with Gasteiger partial charge in [-0.2, -0.15) is 0 Å². The second kappa shape index (κ2) is 5.58. The van der Waals surface area contributed by atoms with Gasteiger partial charge in [0.05, 0.1) is 11.1 Å². The van der Waals surface area contributed by atoms with Crippen molar-refractivity contribution in [2.45, 2.75) is 32.1 Å². The third-order valence-corrected chi connectivity index (χ3v) is 2.89. The average Bonchev–Trinajstić information content (AvgIpc) is 2.46. The third kappa shape index (κ3) is 3.55. The van der Waals surface area contributed by atoms with Crippen molar-refractivity contribution in [1.29, 1.82) is 0 Å². The fourth-order valence-electron chi connectivity index (χ4n) is 1.58. The molecule has 0 aromatic heterocycles. The van der Waals surface area contributed by atoms with Gasteiger partial charge in [0.15, 0.2) is 0 Å². The second-order valence-electron chi connectivity index (χ2n) is 3.50. The quantitative estimate of drug-likeness (QED) is 0.588. The molecule has 1 aliphatic rings. The highest BCUT2D eigenvalue weighted by molar-refractivity contribution is 9.12. The number of carbonyl (C=O) groups excluding carboxylic acids is 1. The summed E-state index contributed by atoms with van der Waals surface area (Å²) in [5.41, 5.74) is 0. The van der Waals surface area contributed by atoms with E-state index in [9.17, 15) is 13.6 Å². The van der Waals surface area contributed by atoms with Crippen LogP contribution in [0.2, 0.25) is 0 Å². The normalized spacial score (nSPS) is 31.7. The molecule has 0 radical (unpaired) electrons. The van der Waals surface area contributed by atoms with E-state index in [-0.39, 0.29) is 29.8 Å². The highest BCUT2D eigenvalue weighted by Crippen LogP contribution is 2.33. The summed E-state index contributed by atoms with van der Waals surface area (Å²) in [7, 11) is 0. The smallest absolute Gasteiger partial charge is 0.344 e. The van der Waals surface area contributed by atoms with Crippen LogP contribution in [0.1, 0.15) is 19.8 Å². The molecule has 1 saturated carbocycles. The molecule has 1 rings (SSSR count). The van der Waals surface area contributed by atoms with Gasteiger partial charge in [-0.05, 0) is 41.6 Å². The molecule has 15 heavy (non-hydrogen) atoms. The zero-order valence-electron chi connectivity index (χ0n) is 8.38. The summed E-state index contributed by atoms with van der Waals surface area (Å²) in [4.78, 5) is 11.2. The van der Waals surface area contributed by atoms with Crippen LogP contribution in [-0.2, 0) is 9.53 Å². The molecule has 1 fully saturated rings. The van der Waals surface area contributed by atoms with E-state index in [1.165, 1.54) is 6.08 Å². The average molecular weight is 283 g/mol. The molecule has 0 saturated heterocycles. The van der Waals surface area contributed by atoms with Gasteiger partial charge in [0.1, 0.15) is 12.3 Å². The van der Waals surface area contributed by atoms with Crippen LogP contribution >= 0.6 is 15.9 Å². The van der Waals surface area contributed by atoms with Crippen LogP contribution in [0.3, 0.4) is 0 Å². The van der Waals surface area contributed by atoms with Gasteiger partial charge in [-0.1, -0.05) is 6.08 Å². The number of halogens is 3. The van der Waals surface area contributed by atoms with Crippen molar-refractivity contribution < 1.29 is 18.3 Å². The summed E-state index contributed by atoms with van der Waals surface area (Å²) in [6.45, 7) is 1.98. The summed E-state index contributed by atoms with van der Waals surface area (Å²) in [5.74, 6) is -0.719. The first-order chi connectivity index (χ1) is 7.04. The lowest BCUT2D eigenvalue weighted by Crippen LogP contribution is -2.06. The molecule has 3 atom stereocenters. The molecule has 86 valence electrons. The molecule has 0 bridgehead atoms. The number of hydrogen-bond acceptors (Lipinski definition) is 2. The molecule has 0 aliphatic heterocycles. The Morgan fingerprint density at radius 1 is 1.47 bits per heavy atom. The van der Waals surface area contributed by atoms with Crippen molar-refractivity contribution in [1.82, 2.24) is 0 Å².